The van der Waals surface area contributed by atoms with Gasteiger partial charge in [0.15, 0.2) is 5.60 Å². The van der Waals surface area contributed by atoms with Crippen molar-refractivity contribution < 1.29 is 14.6 Å². The van der Waals surface area contributed by atoms with Gasteiger partial charge in [0.2, 0.25) is 0 Å². The van der Waals surface area contributed by atoms with Crippen LogP contribution in [0.25, 0.3) is 0 Å². The third-order valence-electron chi connectivity index (χ3n) is 4.35. The van der Waals surface area contributed by atoms with Crippen molar-refractivity contribution in [2.75, 3.05) is 11.6 Å². The molecule has 25 heavy (non-hydrogen) atoms. The zero-order valence-corrected chi connectivity index (χ0v) is 16.4. The van der Waals surface area contributed by atoms with Crippen LogP contribution in [0, 0.1) is 0 Å². The van der Waals surface area contributed by atoms with Gasteiger partial charge in [-0.05, 0) is 31.0 Å². The average molecular weight is 452 g/mol. The average Bonchev–Trinajstić information content (AvgIpc) is 2.86. The molecule has 0 spiro atoms. The molecule has 1 heterocycles. The Morgan fingerprint density at radius 3 is 2.48 bits per heavy atom. The van der Waals surface area contributed by atoms with Crippen molar-refractivity contribution >= 4 is 34.5 Å². The van der Waals surface area contributed by atoms with Crippen LogP contribution in [0.4, 0.5) is 5.69 Å². The van der Waals surface area contributed by atoms with Crippen LogP contribution >= 0.6 is 22.9 Å². The lowest BCUT2D eigenvalue weighted by atomic mass is 10.1. The Morgan fingerprint density at radius 2 is 1.80 bits per heavy atom. The molecule has 6 heteroatoms. The number of para-hydroxylation sites is 1. The predicted molar refractivity (Wildman–Crippen MR) is 105 cm³/mol. The van der Waals surface area contributed by atoms with Crippen LogP contribution in [0.15, 0.2) is 54.6 Å². The maximum Gasteiger partial charge on any atom is 0.335 e. The van der Waals surface area contributed by atoms with Crippen molar-refractivity contribution in [3.63, 3.8) is 0 Å². The first-order chi connectivity index (χ1) is 11.9. The summed E-state index contributed by atoms with van der Waals surface area (Å²) in [4.78, 5) is 11.3. The van der Waals surface area contributed by atoms with Gasteiger partial charge in [-0.15, -0.1) is 0 Å². The summed E-state index contributed by atoms with van der Waals surface area (Å²) in [5.74, 6) is -0.958. The summed E-state index contributed by atoms with van der Waals surface area (Å²) in [6.45, 7) is 4.22. The van der Waals surface area contributed by atoms with Crippen molar-refractivity contribution in [1.82, 2.24) is 3.22 Å². The zero-order valence-electron chi connectivity index (χ0n) is 14.2. The number of carbonyl (C=O) groups is 1. The van der Waals surface area contributed by atoms with E-state index in [0.717, 1.165) is 17.8 Å². The first kappa shape index (κ1) is 18.2. The Labute approximate surface area is 161 Å². The quantitative estimate of drug-likeness (QED) is 0.526. The maximum absolute atomic E-state index is 11.3. The van der Waals surface area contributed by atoms with Gasteiger partial charge in [0, 0.05) is 22.9 Å². The molecule has 2 aromatic rings. The molecule has 0 fully saturated rings. The molecule has 2 aromatic carbocycles. The van der Waals surface area contributed by atoms with Crippen LogP contribution < -0.4 is 5.01 Å². The van der Waals surface area contributed by atoms with Gasteiger partial charge in [-0.25, -0.2) is 4.79 Å². The van der Waals surface area contributed by atoms with Gasteiger partial charge in [-0.3, -0.25) is 5.01 Å². The highest BCUT2D eigenvalue weighted by atomic mass is 127. The first-order valence-corrected chi connectivity index (χ1v) is 9.09. The van der Waals surface area contributed by atoms with Gasteiger partial charge in [0.05, 0.1) is 24.9 Å². The Kier molecular flexibility index (Phi) is 5.31. The van der Waals surface area contributed by atoms with Gasteiger partial charge >= 0.3 is 5.97 Å². The van der Waals surface area contributed by atoms with Gasteiger partial charge < -0.3 is 9.84 Å². The molecule has 0 aliphatic carbocycles. The van der Waals surface area contributed by atoms with E-state index >= 15 is 0 Å². The molecule has 5 nitrogen and oxygen atoms in total. The van der Waals surface area contributed by atoms with E-state index in [1.54, 1.807) is 13.8 Å². The van der Waals surface area contributed by atoms with E-state index in [2.05, 4.69) is 55.4 Å². The molecule has 0 aromatic heterocycles. The lowest BCUT2D eigenvalue weighted by Crippen LogP contribution is -2.38. The Balaban J connectivity index is 1.82. The van der Waals surface area contributed by atoms with Crippen LogP contribution in [0.3, 0.4) is 0 Å². The largest absolute Gasteiger partial charge is 0.479 e. The van der Waals surface area contributed by atoms with Gasteiger partial charge in [0.25, 0.3) is 0 Å². The Hall–Kier alpha value is -1.64. The van der Waals surface area contributed by atoms with Crippen LogP contribution in [0.5, 0.6) is 0 Å². The predicted octanol–water partition coefficient (Wildman–Crippen LogP) is 4.19. The minimum Gasteiger partial charge on any atom is -0.479 e. The SMILES string of the molecule is CC(C)(OCC1c2ccccc2N(Cc2ccccc2)N1I)C(=O)O. The van der Waals surface area contributed by atoms with E-state index in [-0.39, 0.29) is 6.04 Å². The molecule has 1 N–H and O–H groups in total. The van der Waals surface area contributed by atoms with Gasteiger partial charge in [0.1, 0.15) is 0 Å². The number of rotatable bonds is 6. The topological polar surface area (TPSA) is 53.0 Å². The second kappa shape index (κ2) is 7.31. The maximum atomic E-state index is 11.3. The Morgan fingerprint density at radius 1 is 1.16 bits per heavy atom. The van der Waals surface area contributed by atoms with E-state index in [0.29, 0.717) is 6.61 Å². The summed E-state index contributed by atoms with van der Waals surface area (Å²) in [6, 6.07) is 18.4. The summed E-state index contributed by atoms with van der Waals surface area (Å²) >= 11 is 2.28. The number of carboxylic acids is 1. The zero-order chi connectivity index (χ0) is 18.0. The molecule has 1 aliphatic rings. The molecular weight excluding hydrogens is 431 g/mol. The number of ether oxygens (including phenoxy) is 1. The number of benzene rings is 2. The normalized spacial score (nSPS) is 17.6. The smallest absolute Gasteiger partial charge is 0.335 e. The van der Waals surface area contributed by atoms with E-state index < -0.39 is 11.6 Å². The third kappa shape index (κ3) is 3.80. The lowest BCUT2D eigenvalue weighted by Gasteiger charge is -2.30. The molecule has 0 saturated heterocycles. The standard InChI is InChI=1S/C19H21IN2O3/c1-19(2,18(23)24)25-13-17-15-10-6-7-11-16(15)21(22(17)20)12-14-8-4-3-5-9-14/h3-11,17H,12-13H2,1-2H3,(H,23,24). The van der Waals surface area contributed by atoms with Crippen molar-refractivity contribution in [1.29, 1.82) is 0 Å². The molecule has 0 bridgehead atoms. The second-order valence-corrected chi connectivity index (χ2v) is 7.52. The highest BCUT2D eigenvalue weighted by molar-refractivity contribution is 14.1. The molecule has 1 atom stereocenters. The summed E-state index contributed by atoms with van der Waals surface area (Å²) in [5.41, 5.74) is 2.28. The monoisotopic (exact) mass is 452 g/mol. The van der Waals surface area contributed by atoms with Crippen molar-refractivity contribution in [2.45, 2.75) is 32.0 Å². The van der Waals surface area contributed by atoms with E-state index in [9.17, 15) is 9.90 Å². The number of carboxylic acid groups (broad SMARTS) is 1. The molecular formula is C19H21IN2O3. The highest BCUT2D eigenvalue weighted by Gasteiger charge is 2.37. The molecule has 1 unspecified atom stereocenters. The molecule has 1 aliphatic heterocycles. The van der Waals surface area contributed by atoms with Crippen molar-refractivity contribution in [2.24, 2.45) is 0 Å². The number of hydrogen-bond acceptors (Lipinski definition) is 4. The van der Waals surface area contributed by atoms with E-state index in [4.69, 9.17) is 4.74 Å². The number of aliphatic carboxylic acids is 1. The van der Waals surface area contributed by atoms with Crippen LogP contribution in [0.1, 0.15) is 31.0 Å². The first-order valence-electron chi connectivity index (χ1n) is 8.13. The van der Waals surface area contributed by atoms with E-state index in [1.807, 2.05) is 30.3 Å². The lowest BCUT2D eigenvalue weighted by molar-refractivity contribution is -0.162. The fourth-order valence-corrected chi connectivity index (χ4v) is 3.65. The fraction of sp³-hybridized carbons (Fsp3) is 0.316. The number of fused-ring (bicyclic) bond motifs is 1. The second-order valence-electron chi connectivity index (χ2n) is 6.53. The van der Waals surface area contributed by atoms with Crippen LogP contribution in [0.2, 0.25) is 0 Å². The molecule has 0 amide bonds. The van der Waals surface area contributed by atoms with Gasteiger partial charge in [-0.1, -0.05) is 48.5 Å². The highest BCUT2D eigenvalue weighted by Crippen LogP contribution is 2.43. The number of hydrogen-bond donors (Lipinski definition) is 1. The summed E-state index contributed by atoms with van der Waals surface area (Å²) < 4.78 is 7.83. The third-order valence-corrected chi connectivity index (χ3v) is 5.55. The van der Waals surface area contributed by atoms with Crippen molar-refractivity contribution in [3.8, 4) is 0 Å². The fourth-order valence-electron chi connectivity index (χ4n) is 2.80. The van der Waals surface area contributed by atoms with Crippen LogP contribution in [-0.4, -0.2) is 26.5 Å². The molecule has 0 saturated carbocycles. The molecule has 132 valence electrons. The molecule has 0 radical (unpaired) electrons. The van der Waals surface area contributed by atoms with E-state index in [1.165, 1.54) is 5.56 Å². The minimum atomic E-state index is -1.21. The number of anilines is 1. The molecule has 3 rings (SSSR count). The number of hydrazine groups is 1. The summed E-state index contributed by atoms with van der Waals surface area (Å²) in [5, 5.41) is 11.5. The minimum absolute atomic E-state index is 0.0286. The van der Waals surface area contributed by atoms with Crippen LogP contribution in [-0.2, 0) is 16.1 Å². The summed E-state index contributed by atoms with van der Waals surface area (Å²) in [7, 11) is 0. The Bertz CT molecular complexity index is 751. The van der Waals surface area contributed by atoms with Crippen molar-refractivity contribution in [3.05, 3.63) is 65.7 Å². The number of nitrogens with zero attached hydrogens (tertiary/aromatic N) is 2. The number of halogens is 1. The van der Waals surface area contributed by atoms with Gasteiger partial charge in [-0.2, -0.15) is 3.22 Å². The summed E-state index contributed by atoms with van der Waals surface area (Å²) in [6.07, 6.45) is 0.